The number of rotatable bonds is 14. The molecule has 0 spiro atoms. The number of carbonyl (C=O) groups is 1. The predicted octanol–water partition coefficient (Wildman–Crippen LogP) is 3.00. The molecule has 11 nitrogen and oxygen atoms in total. The number of para-hydroxylation sites is 2. The Hall–Kier alpha value is -3.64. The van der Waals surface area contributed by atoms with Crippen molar-refractivity contribution in [1.82, 2.24) is 15.3 Å². The van der Waals surface area contributed by atoms with Gasteiger partial charge in [-0.15, -0.1) is 0 Å². The summed E-state index contributed by atoms with van der Waals surface area (Å²) in [5.41, 5.74) is 2.70. The number of aliphatic hydroxyl groups excluding tert-OH is 1. The molecule has 0 radical (unpaired) electrons. The van der Waals surface area contributed by atoms with Crippen LogP contribution in [0.25, 0.3) is 11.0 Å². The van der Waals surface area contributed by atoms with Gasteiger partial charge < -0.3 is 43.8 Å². The van der Waals surface area contributed by atoms with Crippen LogP contribution in [-0.2, 0) is 30.3 Å². The second-order valence-corrected chi connectivity index (χ2v) is 9.40. The number of aromatic amines is 1. The van der Waals surface area contributed by atoms with Gasteiger partial charge in [0.2, 0.25) is 13.1 Å². The van der Waals surface area contributed by atoms with Crippen LogP contribution in [0.5, 0.6) is 11.5 Å². The van der Waals surface area contributed by atoms with E-state index in [2.05, 4.69) is 15.3 Å². The maximum atomic E-state index is 13.3. The van der Waals surface area contributed by atoms with E-state index in [-0.39, 0.29) is 50.1 Å². The molecular formula is C29H35N3O8. The zero-order valence-electron chi connectivity index (χ0n) is 22.5. The van der Waals surface area contributed by atoms with Gasteiger partial charge in [0, 0.05) is 25.0 Å². The second-order valence-electron chi connectivity index (χ2n) is 9.40. The standard InChI is InChI=1S/C29H35N3O8/c1-2-37-29-20(9-11-35-13-14-36-12-10-33)21(19-7-8-24-25(15-19)39-18-38-24)16-26(40-29)28(34)30-17-27-31-22-5-3-4-6-23(22)32-27/h3-8,15-16,20-21,29,33H,2,9-14,17-18H2,1H3,(H,30,34)(H,31,32)/t20-,21-,29-/m1/s1. The quantitative estimate of drug-likeness (QED) is 0.258. The number of hydrogen-bond donors (Lipinski definition) is 3. The van der Waals surface area contributed by atoms with Crippen LogP contribution in [0.15, 0.2) is 54.3 Å². The highest BCUT2D eigenvalue weighted by molar-refractivity contribution is 5.91. The van der Waals surface area contributed by atoms with E-state index in [0.717, 1.165) is 16.6 Å². The topological polar surface area (TPSA) is 133 Å². The van der Waals surface area contributed by atoms with Crippen LogP contribution >= 0.6 is 0 Å². The summed E-state index contributed by atoms with van der Waals surface area (Å²) in [5, 5.41) is 11.8. The molecular weight excluding hydrogens is 518 g/mol. The van der Waals surface area contributed by atoms with E-state index in [4.69, 9.17) is 33.5 Å². The van der Waals surface area contributed by atoms with Gasteiger partial charge in [0.1, 0.15) is 5.82 Å². The molecule has 1 amide bonds. The van der Waals surface area contributed by atoms with Crippen molar-refractivity contribution in [2.45, 2.75) is 32.1 Å². The molecule has 5 rings (SSSR count). The van der Waals surface area contributed by atoms with Crippen LogP contribution in [0.3, 0.4) is 0 Å². The Balaban J connectivity index is 1.32. The van der Waals surface area contributed by atoms with Crippen molar-refractivity contribution in [2.75, 3.05) is 46.4 Å². The van der Waals surface area contributed by atoms with E-state index in [9.17, 15) is 4.79 Å². The third kappa shape index (κ3) is 6.73. The van der Waals surface area contributed by atoms with Crippen molar-refractivity contribution >= 4 is 16.9 Å². The van der Waals surface area contributed by atoms with Crippen LogP contribution in [0.1, 0.15) is 30.7 Å². The van der Waals surface area contributed by atoms with Crippen molar-refractivity contribution < 1.29 is 38.3 Å². The van der Waals surface area contributed by atoms with Gasteiger partial charge in [0.05, 0.1) is 44.0 Å². The summed E-state index contributed by atoms with van der Waals surface area (Å²) in [7, 11) is 0. The van der Waals surface area contributed by atoms with Crippen molar-refractivity contribution in [3.63, 3.8) is 0 Å². The van der Waals surface area contributed by atoms with Gasteiger partial charge in [-0.25, -0.2) is 4.98 Å². The number of nitrogens with zero attached hydrogens (tertiary/aromatic N) is 1. The molecule has 0 saturated heterocycles. The highest BCUT2D eigenvalue weighted by Gasteiger charge is 2.38. The van der Waals surface area contributed by atoms with Gasteiger partial charge in [-0.05, 0) is 49.2 Å². The van der Waals surface area contributed by atoms with Crippen molar-refractivity contribution in [1.29, 1.82) is 0 Å². The summed E-state index contributed by atoms with van der Waals surface area (Å²) in [6.07, 6.45) is 1.80. The lowest BCUT2D eigenvalue weighted by Crippen LogP contribution is -2.39. The molecule has 2 aliphatic rings. The fourth-order valence-electron chi connectivity index (χ4n) is 4.88. The van der Waals surface area contributed by atoms with Gasteiger partial charge in [0.15, 0.2) is 17.3 Å². The van der Waals surface area contributed by atoms with Gasteiger partial charge in [0.25, 0.3) is 5.91 Å². The summed E-state index contributed by atoms with van der Waals surface area (Å²) in [4.78, 5) is 21.0. The van der Waals surface area contributed by atoms with Crippen molar-refractivity contribution in [3.8, 4) is 11.5 Å². The van der Waals surface area contributed by atoms with E-state index in [1.165, 1.54) is 0 Å². The molecule has 0 unspecified atom stereocenters. The largest absolute Gasteiger partial charge is 0.459 e. The first kappa shape index (κ1) is 27.9. The number of benzene rings is 2. The number of fused-ring (bicyclic) bond motifs is 2. The van der Waals surface area contributed by atoms with Gasteiger partial charge in [-0.3, -0.25) is 4.79 Å². The third-order valence-corrected chi connectivity index (χ3v) is 6.78. The lowest BCUT2D eigenvalue weighted by Gasteiger charge is -2.37. The molecule has 1 aromatic heterocycles. The molecule has 3 aromatic rings. The number of imidazole rings is 1. The Labute approximate surface area is 232 Å². The fraction of sp³-hybridized carbons (Fsp3) is 0.448. The molecule has 3 heterocycles. The van der Waals surface area contributed by atoms with Crippen LogP contribution in [0, 0.1) is 5.92 Å². The minimum absolute atomic E-state index is 0.0207. The highest BCUT2D eigenvalue weighted by Crippen LogP contribution is 2.42. The van der Waals surface area contributed by atoms with E-state index < -0.39 is 6.29 Å². The summed E-state index contributed by atoms with van der Waals surface area (Å²) in [6.45, 7) is 4.22. The molecule has 2 aliphatic heterocycles. The molecule has 11 heteroatoms. The first-order valence-electron chi connectivity index (χ1n) is 13.5. The molecule has 40 heavy (non-hydrogen) atoms. The summed E-state index contributed by atoms with van der Waals surface area (Å²) >= 11 is 0. The number of hydrogen-bond acceptors (Lipinski definition) is 9. The maximum Gasteiger partial charge on any atom is 0.286 e. The maximum absolute atomic E-state index is 13.3. The number of nitrogens with one attached hydrogen (secondary N) is 2. The first-order valence-corrected chi connectivity index (χ1v) is 13.5. The zero-order chi connectivity index (χ0) is 27.7. The van der Waals surface area contributed by atoms with E-state index in [1.54, 1.807) is 0 Å². The molecule has 0 aliphatic carbocycles. The van der Waals surface area contributed by atoms with Gasteiger partial charge in [-0.2, -0.15) is 0 Å². The number of aliphatic hydroxyl groups is 1. The van der Waals surface area contributed by atoms with Crippen molar-refractivity contribution in [3.05, 3.63) is 65.7 Å². The van der Waals surface area contributed by atoms with E-state index in [0.29, 0.717) is 50.2 Å². The van der Waals surface area contributed by atoms with Crippen LogP contribution in [-0.4, -0.2) is 73.7 Å². The molecule has 214 valence electrons. The minimum atomic E-state index is -0.661. The van der Waals surface area contributed by atoms with E-state index >= 15 is 0 Å². The lowest BCUT2D eigenvalue weighted by molar-refractivity contribution is -0.168. The SMILES string of the molecule is CCO[C@@H]1OC(C(=O)NCc2nc3ccccc3[nH]2)=C[C@H](c2ccc3c(c2)OCO3)[C@H]1CCOCCOCCO. The average Bonchev–Trinajstić information content (AvgIpc) is 3.62. The van der Waals surface area contributed by atoms with Gasteiger partial charge >= 0.3 is 0 Å². The molecule has 0 fully saturated rings. The Bertz CT molecular complexity index is 1280. The fourth-order valence-corrected chi connectivity index (χ4v) is 4.88. The highest BCUT2D eigenvalue weighted by atomic mass is 16.7. The van der Waals surface area contributed by atoms with E-state index in [1.807, 2.05) is 55.5 Å². The van der Waals surface area contributed by atoms with Crippen LogP contribution in [0.4, 0.5) is 0 Å². The molecule has 3 N–H and O–H groups in total. The van der Waals surface area contributed by atoms with Crippen molar-refractivity contribution in [2.24, 2.45) is 5.92 Å². The zero-order valence-corrected chi connectivity index (χ0v) is 22.5. The third-order valence-electron chi connectivity index (χ3n) is 6.78. The smallest absolute Gasteiger partial charge is 0.286 e. The molecule has 0 saturated carbocycles. The predicted molar refractivity (Wildman–Crippen MR) is 145 cm³/mol. The average molecular weight is 554 g/mol. The number of aromatic nitrogens is 2. The number of ether oxygens (including phenoxy) is 6. The molecule has 2 aromatic carbocycles. The summed E-state index contributed by atoms with van der Waals surface area (Å²) < 4.78 is 34.3. The second kappa shape index (κ2) is 13.6. The number of allylic oxidation sites excluding steroid dienone is 1. The number of H-pyrrole nitrogens is 1. The molecule has 0 bridgehead atoms. The summed E-state index contributed by atoms with van der Waals surface area (Å²) in [6, 6.07) is 13.5. The van der Waals surface area contributed by atoms with Crippen LogP contribution in [0.2, 0.25) is 0 Å². The first-order chi connectivity index (χ1) is 19.7. The molecule has 3 atom stereocenters. The number of amides is 1. The minimum Gasteiger partial charge on any atom is -0.459 e. The monoisotopic (exact) mass is 553 g/mol. The van der Waals surface area contributed by atoms with Gasteiger partial charge in [-0.1, -0.05) is 18.2 Å². The van der Waals surface area contributed by atoms with Crippen LogP contribution < -0.4 is 14.8 Å². The summed E-state index contributed by atoms with van der Waals surface area (Å²) in [5.74, 6) is 1.49. The lowest BCUT2D eigenvalue weighted by atomic mass is 9.81. The Morgan fingerprint density at radius 3 is 2.75 bits per heavy atom. The Morgan fingerprint density at radius 2 is 1.93 bits per heavy atom. The number of carbonyl (C=O) groups excluding carboxylic acids is 1. The normalized spacial score (nSPS) is 19.9. The Kier molecular flexibility index (Phi) is 9.50. The Morgan fingerprint density at radius 1 is 1.10 bits per heavy atom.